The van der Waals surface area contributed by atoms with E-state index in [1.807, 2.05) is 12.1 Å². The van der Waals surface area contributed by atoms with Gasteiger partial charge in [0.15, 0.2) is 0 Å². The van der Waals surface area contributed by atoms with E-state index >= 15 is 0 Å². The summed E-state index contributed by atoms with van der Waals surface area (Å²) in [6, 6.07) is 14.0. The number of rotatable bonds is 6. The Kier molecular flexibility index (Phi) is 5.07. The molecule has 0 aliphatic rings. The van der Waals surface area contributed by atoms with E-state index in [0.29, 0.717) is 6.61 Å². The Bertz CT molecular complexity index is 1490. The third kappa shape index (κ3) is 3.51. The summed E-state index contributed by atoms with van der Waals surface area (Å²) >= 11 is 1.24. The molecule has 0 aliphatic heterocycles. The van der Waals surface area contributed by atoms with E-state index in [1.54, 1.807) is 31.5 Å². The van der Waals surface area contributed by atoms with Gasteiger partial charge in [-0.2, -0.15) is 5.10 Å². The monoisotopic (exact) mass is 463 g/mol. The SMILES string of the molecule is COCC(C)(C)c1c(-c2ccc(C(=O)O)s2)c2cc3[nH]ncc3cc2n1-c1ccc(F)cc1. The molecular weight excluding hydrogens is 441 g/mol. The molecule has 5 aromatic rings. The van der Waals surface area contributed by atoms with Crippen molar-refractivity contribution >= 4 is 39.1 Å². The molecule has 0 aliphatic carbocycles. The number of aromatic amines is 1. The van der Waals surface area contributed by atoms with Crippen LogP contribution in [-0.4, -0.2) is 39.6 Å². The summed E-state index contributed by atoms with van der Waals surface area (Å²) in [5.74, 6) is -1.27. The van der Waals surface area contributed by atoms with Crippen LogP contribution < -0.4 is 0 Å². The number of nitrogens with one attached hydrogen (secondary N) is 1. The molecule has 0 unspecified atom stereocenters. The predicted octanol–water partition coefficient (Wildman–Crippen LogP) is 6.00. The largest absolute Gasteiger partial charge is 0.477 e. The van der Waals surface area contributed by atoms with Crippen LogP contribution in [-0.2, 0) is 10.2 Å². The summed E-state index contributed by atoms with van der Waals surface area (Å²) in [5.41, 5.74) is 4.07. The number of carbonyl (C=O) groups is 1. The van der Waals surface area contributed by atoms with Crippen LogP contribution in [0.25, 0.3) is 37.9 Å². The van der Waals surface area contributed by atoms with E-state index in [2.05, 4.69) is 34.7 Å². The first-order chi connectivity index (χ1) is 15.8. The van der Waals surface area contributed by atoms with Gasteiger partial charge in [-0.1, -0.05) is 13.8 Å². The maximum atomic E-state index is 13.8. The van der Waals surface area contributed by atoms with Crippen molar-refractivity contribution in [3.8, 4) is 16.1 Å². The number of hydrogen-bond donors (Lipinski definition) is 2. The van der Waals surface area contributed by atoms with Gasteiger partial charge >= 0.3 is 5.97 Å². The average Bonchev–Trinajstić information content (AvgIpc) is 3.49. The Morgan fingerprint density at radius 1 is 1.21 bits per heavy atom. The van der Waals surface area contributed by atoms with Gasteiger partial charge in [0.2, 0.25) is 0 Å². The lowest BCUT2D eigenvalue weighted by Gasteiger charge is -2.28. The normalized spacial score (nSPS) is 12.1. The predicted molar refractivity (Wildman–Crippen MR) is 128 cm³/mol. The maximum absolute atomic E-state index is 13.8. The maximum Gasteiger partial charge on any atom is 0.345 e. The number of aromatic nitrogens is 3. The Morgan fingerprint density at radius 2 is 1.97 bits per heavy atom. The fourth-order valence-electron chi connectivity index (χ4n) is 4.49. The fourth-order valence-corrected chi connectivity index (χ4v) is 5.39. The zero-order valence-corrected chi connectivity index (χ0v) is 19.2. The highest BCUT2D eigenvalue weighted by molar-refractivity contribution is 7.17. The molecule has 6 nitrogen and oxygen atoms in total. The van der Waals surface area contributed by atoms with Gasteiger partial charge < -0.3 is 14.4 Å². The summed E-state index contributed by atoms with van der Waals surface area (Å²) in [6.45, 7) is 4.62. The number of carboxylic acid groups (broad SMARTS) is 1. The van der Waals surface area contributed by atoms with Gasteiger partial charge in [0, 0.05) is 45.1 Å². The number of thiophene rings is 1. The number of methoxy groups -OCH3 is 1. The molecule has 0 radical (unpaired) electrons. The third-order valence-electron chi connectivity index (χ3n) is 5.82. The number of halogens is 1. The summed E-state index contributed by atoms with van der Waals surface area (Å²) in [4.78, 5) is 12.7. The standard InChI is InChI=1S/C25H22FN3O3S/c1-25(2,13-32-3)23-22(20-8-9-21(33-20)24(30)31)17-11-18-14(12-27-28-18)10-19(17)29(23)16-6-4-15(26)5-7-16/h4-12H,13H2,1-3H3,(H,27,28)(H,30,31). The Labute approximate surface area is 193 Å². The van der Waals surface area contributed by atoms with Crippen LogP contribution in [0.2, 0.25) is 0 Å². The highest BCUT2D eigenvalue weighted by atomic mass is 32.1. The van der Waals surface area contributed by atoms with Crippen LogP contribution >= 0.6 is 11.3 Å². The Balaban J connectivity index is 1.95. The second kappa shape index (κ2) is 7.83. The third-order valence-corrected chi connectivity index (χ3v) is 6.91. The number of ether oxygens (including phenoxy) is 1. The molecule has 2 aromatic carbocycles. The summed E-state index contributed by atoms with van der Waals surface area (Å²) in [6.07, 6.45) is 1.77. The van der Waals surface area contributed by atoms with Gasteiger partial charge in [-0.05, 0) is 48.5 Å². The Hall–Kier alpha value is -3.49. The zero-order chi connectivity index (χ0) is 23.3. The lowest BCUT2D eigenvalue weighted by Crippen LogP contribution is -2.27. The van der Waals surface area contributed by atoms with Gasteiger partial charge in [0.25, 0.3) is 0 Å². The quantitative estimate of drug-likeness (QED) is 0.324. The second-order valence-electron chi connectivity index (χ2n) is 8.65. The lowest BCUT2D eigenvalue weighted by atomic mass is 9.86. The van der Waals surface area contributed by atoms with Crippen molar-refractivity contribution in [2.45, 2.75) is 19.3 Å². The number of benzene rings is 2. The van der Waals surface area contributed by atoms with Gasteiger partial charge in [-0.3, -0.25) is 5.10 Å². The average molecular weight is 464 g/mol. The first kappa shape index (κ1) is 21.4. The minimum atomic E-state index is -0.956. The molecular formula is C25H22FN3O3S. The van der Waals surface area contributed by atoms with E-state index in [9.17, 15) is 14.3 Å². The molecule has 8 heteroatoms. The molecule has 0 amide bonds. The summed E-state index contributed by atoms with van der Waals surface area (Å²) in [5, 5.41) is 18.6. The number of aromatic carboxylic acids is 1. The van der Waals surface area contributed by atoms with Crippen molar-refractivity contribution in [1.29, 1.82) is 0 Å². The zero-order valence-electron chi connectivity index (χ0n) is 18.3. The summed E-state index contributed by atoms with van der Waals surface area (Å²) < 4.78 is 21.5. The first-order valence-electron chi connectivity index (χ1n) is 10.4. The number of nitrogens with zero attached hydrogens (tertiary/aromatic N) is 2. The minimum absolute atomic E-state index is 0.269. The molecule has 5 rings (SSSR count). The van der Waals surface area contributed by atoms with E-state index in [0.717, 1.165) is 43.6 Å². The van der Waals surface area contributed by atoms with E-state index in [4.69, 9.17) is 4.74 Å². The van der Waals surface area contributed by atoms with Crippen LogP contribution in [0.1, 0.15) is 29.2 Å². The second-order valence-corrected chi connectivity index (χ2v) is 9.73. The van der Waals surface area contributed by atoms with E-state index < -0.39 is 11.4 Å². The molecule has 33 heavy (non-hydrogen) atoms. The molecule has 2 N–H and O–H groups in total. The van der Waals surface area contributed by atoms with Crippen LogP contribution in [0, 0.1) is 5.82 Å². The Morgan fingerprint density at radius 3 is 2.64 bits per heavy atom. The van der Waals surface area contributed by atoms with Crippen LogP contribution in [0.3, 0.4) is 0 Å². The van der Waals surface area contributed by atoms with Crippen molar-refractivity contribution in [3.05, 3.63) is 71.1 Å². The molecule has 168 valence electrons. The molecule has 0 fully saturated rings. The van der Waals surface area contributed by atoms with Crippen molar-refractivity contribution < 1.29 is 19.0 Å². The van der Waals surface area contributed by atoms with Crippen molar-refractivity contribution in [2.24, 2.45) is 0 Å². The number of H-pyrrole nitrogens is 1. The van der Waals surface area contributed by atoms with Crippen LogP contribution in [0.4, 0.5) is 4.39 Å². The smallest absolute Gasteiger partial charge is 0.345 e. The molecule has 0 saturated carbocycles. The van der Waals surface area contributed by atoms with E-state index in [1.165, 1.54) is 23.5 Å². The van der Waals surface area contributed by atoms with Gasteiger partial charge in [-0.25, -0.2) is 9.18 Å². The van der Waals surface area contributed by atoms with Gasteiger partial charge in [0.1, 0.15) is 10.7 Å². The van der Waals surface area contributed by atoms with Gasteiger partial charge in [-0.15, -0.1) is 11.3 Å². The summed E-state index contributed by atoms with van der Waals surface area (Å²) in [7, 11) is 1.66. The molecule has 3 heterocycles. The van der Waals surface area contributed by atoms with Crippen molar-refractivity contribution in [2.75, 3.05) is 13.7 Å². The number of carboxylic acids is 1. The molecule has 0 spiro atoms. The highest BCUT2D eigenvalue weighted by Crippen LogP contribution is 2.46. The number of hydrogen-bond acceptors (Lipinski definition) is 4. The van der Waals surface area contributed by atoms with Crippen LogP contribution in [0.15, 0.2) is 54.7 Å². The number of fused-ring (bicyclic) bond motifs is 2. The lowest BCUT2D eigenvalue weighted by molar-refractivity contribution is 0.0702. The van der Waals surface area contributed by atoms with Crippen molar-refractivity contribution in [1.82, 2.24) is 14.8 Å². The minimum Gasteiger partial charge on any atom is -0.477 e. The van der Waals surface area contributed by atoms with E-state index in [-0.39, 0.29) is 10.7 Å². The van der Waals surface area contributed by atoms with Crippen LogP contribution in [0.5, 0.6) is 0 Å². The molecule has 0 bridgehead atoms. The highest BCUT2D eigenvalue weighted by Gasteiger charge is 2.33. The molecule has 0 saturated heterocycles. The molecule has 3 aromatic heterocycles. The van der Waals surface area contributed by atoms with Gasteiger partial charge in [0.05, 0.1) is 23.8 Å². The van der Waals surface area contributed by atoms with Crippen molar-refractivity contribution in [3.63, 3.8) is 0 Å². The first-order valence-corrected chi connectivity index (χ1v) is 11.2. The molecule has 0 atom stereocenters. The fraction of sp³-hybridized carbons (Fsp3) is 0.200. The topological polar surface area (TPSA) is 80.1 Å².